The fourth-order valence-corrected chi connectivity index (χ4v) is 6.16. The number of hydrogen-bond donors (Lipinski definition) is 3. The monoisotopic (exact) mass is 377 g/mol. The molecule has 4 N–H and O–H groups in total. The molecule has 2 aromatic carbocycles. The van der Waals surface area contributed by atoms with Gasteiger partial charge in [0.2, 0.25) is 0 Å². The number of ether oxygens (including phenoxy) is 2. The van der Waals surface area contributed by atoms with Crippen LogP contribution in [0.3, 0.4) is 0 Å². The van der Waals surface area contributed by atoms with Crippen LogP contribution < -0.4 is 20.5 Å². The van der Waals surface area contributed by atoms with Crippen LogP contribution in [0.5, 0.6) is 11.5 Å². The molecule has 2 aliphatic carbocycles. The molecule has 1 heterocycles. The Balaban J connectivity index is 1.65. The van der Waals surface area contributed by atoms with Gasteiger partial charge in [-0.1, -0.05) is 6.07 Å². The summed E-state index contributed by atoms with van der Waals surface area (Å²) in [5, 5.41) is 11.8. The molecular formula is C23H27N3O2. The van der Waals surface area contributed by atoms with Gasteiger partial charge in [-0.2, -0.15) is 0 Å². The van der Waals surface area contributed by atoms with Crippen LogP contribution in [0.25, 0.3) is 0 Å². The first kappa shape index (κ1) is 17.4. The Morgan fingerprint density at radius 2 is 1.86 bits per heavy atom. The molecule has 3 unspecified atom stereocenters. The highest BCUT2D eigenvalue weighted by Crippen LogP contribution is 2.64. The van der Waals surface area contributed by atoms with Crippen LogP contribution in [-0.4, -0.2) is 20.4 Å². The van der Waals surface area contributed by atoms with Gasteiger partial charge in [0.1, 0.15) is 0 Å². The van der Waals surface area contributed by atoms with E-state index < -0.39 is 0 Å². The minimum absolute atomic E-state index is 0.231. The Morgan fingerprint density at radius 1 is 1.07 bits per heavy atom. The van der Waals surface area contributed by atoms with Gasteiger partial charge in [0.15, 0.2) is 11.5 Å². The van der Waals surface area contributed by atoms with E-state index in [0.717, 1.165) is 22.7 Å². The number of hydrogen-bond acceptors (Lipinski definition) is 5. The zero-order chi connectivity index (χ0) is 19.4. The lowest BCUT2D eigenvalue weighted by Gasteiger charge is -2.44. The number of nitrogen functional groups attached to an aromatic ring is 1. The highest BCUT2D eigenvalue weighted by atomic mass is 16.5. The molecule has 0 saturated heterocycles. The van der Waals surface area contributed by atoms with Crippen molar-refractivity contribution >= 4 is 17.6 Å². The van der Waals surface area contributed by atoms with E-state index in [-0.39, 0.29) is 6.04 Å². The third-order valence-corrected chi connectivity index (χ3v) is 7.24. The Labute approximate surface area is 165 Å². The Bertz CT molecular complexity index is 942. The smallest absolute Gasteiger partial charge is 0.161 e. The maximum Gasteiger partial charge on any atom is 0.161 e. The van der Waals surface area contributed by atoms with Crippen LogP contribution >= 0.6 is 0 Å². The van der Waals surface area contributed by atoms with Crippen molar-refractivity contribution in [1.82, 2.24) is 0 Å². The van der Waals surface area contributed by atoms with Gasteiger partial charge in [-0.05, 0) is 78.3 Å². The minimum Gasteiger partial charge on any atom is -0.493 e. The van der Waals surface area contributed by atoms with Crippen molar-refractivity contribution in [2.24, 2.45) is 17.8 Å². The van der Waals surface area contributed by atoms with E-state index in [1.54, 1.807) is 14.2 Å². The van der Waals surface area contributed by atoms with Gasteiger partial charge in [0.05, 0.1) is 20.3 Å². The maximum absolute atomic E-state index is 7.96. The second-order valence-corrected chi connectivity index (χ2v) is 8.35. The van der Waals surface area contributed by atoms with Crippen LogP contribution in [0, 0.1) is 23.2 Å². The molecule has 0 spiro atoms. The maximum atomic E-state index is 7.96. The summed E-state index contributed by atoms with van der Waals surface area (Å²) in [7, 11) is 3.35. The number of fused-ring (bicyclic) bond motifs is 7. The average Bonchev–Trinajstić information content (AvgIpc) is 3.35. The van der Waals surface area contributed by atoms with Crippen LogP contribution in [0.2, 0.25) is 0 Å². The first-order chi connectivity index (χ1) is 13.7. The molecule has 28 heavy (non-hydrogen) atoms. The van der Waals surface area contributed by atoms with E-state index in [1.807, 2.05) is 12.1 Å². The second-order valence-electron chi connectivity index (χ2n) is 8.35. The summed E-state index contributed by atoms with van der Waals surface area (Å²) in [4.78, 5) is 0. The van der Waals surface area contributed by atoms with E-state index in [2.05, 4.69) is 23.5 Å². The number of methoxy groups -OCH3 is 2. The van der Waals surface area contributed by atoms with Crippen molar-refractivity contribution < 1.29 is 9.47 Å². The summed E-state index contributed by atoms with van der Waals surface area (Å²) in [5.74, 6) is 3.92. The van der Waals surface area contributed by atoms with Crippen LogP contribution in [0.4, 0.5) is 11.4 Å². The summed E-state index contributed by atoms with van der Waals surface area (Å²) in [5.41, 5.74) is 11.5. The number of rotatable bonds is 4. The molecule has 1 aliphatic heterocycles. The molecule has 0 amide bonds. The number of nitrogens with one attached hydrogen (secondary N) is 2. The molecule has 2 bridgehead atoms. The molecule has 0 aromatic heterocycles. The molecule has 5 nitrogen and oxygen atoms in total. The molecule has 3 aliphatic rings. The van der Waals surface area contributed by atoms with Crippen molar-refractivity contribution in [3.05, 3.63) is 47.0 Å². The highest BCUT2D eigenvalue weighted by molar-refractivity contribution is 5.91. The predicted octanol–water partition coefficient (Wildman–Crippen LogP) is 4.58. The van der Waals surface area contributed by atoms with Crippen LogP contribution in [-0.2, 0) is 0 Å². The molecule has 5 rings (SSSR count). The number of nitrogens with two attached hydrogens (primary N) is 1. The second kappa shape index (κ2) is 6.43. The molecule has 5 atom stereocenters. The first-order valence-corrected chi connectivity index (χ1v) is 10.1. The third-order valence-electron chi connectivity index (χ3n) is 7.24. The SMILES string of the molecule is COc1ccc([C@@H]2Nc3ccc(N)c(C=N)c3C3C4CCC(C4)[C@H]32)cc1OC. The first-order valence-electron chi connectivity index (χ1n) is 10.1. The average molecular weight is 377 g/mol. The van der Waals surface area contributed by atoms with Gasteiger partial charge in [0.25, 0.3) is 0 Å². The standard InChI is InChI=1S/C23H27N3O2/c1-27-18-8-5-14(10-19(18)28-2)23-21-13-4-3-12(9-13)20(21)22-15(11-24)16(25)6-7-17(22)26-23/h5-8,10-13,20-21,23-24,26H,3-4,9,25H2,1-2H3/t12?,13?,20?,21-,23+/m1/s1. The van der Waals surface area contributed by atoms with Gasteiger partial charge < -0.3 is 25.9 Å². The normalized spacial score (nSPS) is 29.6. The molecule has 2 fully saturated rings. The van der Waals surface area contributed by atoms with E-state index in [4.69, 9.17) is 20.6 Å². The van der Waals surface area contributed by atoms with Gasteiger partial charge in [-0.15, -0.1) is 0 Å². The van der Waals surface area contributed by atoms with Crippen molar-refractivity contribution in [2.75, 3.05) is 25.3 Å². The van der Waals surface area contributed by atoms with Crippen molar-refractivity contribution in [3.8, 4) is 11.5 Å². The summed E-state index contributed by atoms with van der Waals surface area (Å²) in [6, 6.07) is 10.5. The van der Waals surface area contributed by atoms with Gasteiger partial charge in [-0.3, -0.25) is 0 Å². The van der Waals surface area contributed by atoms with Crippen molar-refractivity contribution in [3.63, 3.8) is 0 Å². The molecule has 0 radical (unpaired) electrons. The molecule has 146 valence electrons. The van der Waals surface area contributed by atoms with Crippen molar-refractivity contribution in [1.29, 1.82) is 5.41 Å². The predicted molar refractivity (Wildman–Crippen MR) is 112 cm³/mol. The number of anilines is 2. The van der Waals surface area contributed by atoms with Gasteiger partial charge >= 0.3 is 0 Å². The quantitative estimate of drug-likeness (QED) is 0.538. The highest BCUT2D eigenvalue weighted by Gasteiger charge is 2.54. The largest absolute Gasteiger partial charge is 0.493 e. The molecule has 2 saturated carbocycles. The zero-order valence-electron chi connectivity index (χ0n) is 16.4. The molecule has 2 aromatic rings. The fourth-order valence-electron chi connectivity index (χ4n) is 6.16. The zero-order valence-corrected chi connectivity index (χ0v) is 16.4. The van der Waals surface area contributed by atoms with E-state index in [0.29, 0.717) is 29.4 Å². The summed E-state index contributed by atoms with van der Waals surface area (Å²) >= 11 is 0. The molecule has 5 heteroatoms. The van der Waals surface area contributed by atoms with Crippen LogP contribution in [0.1, 0.15) is 47.9 Å². The number of benzene rings is 2. The van der Waals surface area contributed by atoms with Gasteiger partial charge in [-0.25, -0.2) is 0 Å². The Morgan fingerprint density at radius 3 is 2.61 bits per heavy atom. The van der Waals surface area contributed by atoms with Gasteiger partial charge in [0, 0.05) is 23.2 Å². The Kier molecular flexibility index (Phi) is 4.00. The lowest BCUT2D eigenvalue weighted by atomic mass is 9.67. The van der Waals surface area contributed by atoms with E-state index in [9.17, 15) is 0 Å². The summed E-state index contributed by atoms with van der Waals surface area (Å²) < 4.78 is 11.0. The van der Waals surface area contributed by atoms with E-state index >= 15 is 0 Å². The van der Waals surface area contributed by atoms with Crippen molar-refractivity contribution in [2.45, 2.75) is 31.2 Å². The topological polar surface area (TPSA) is 80.4 Å². The lowest BCUT2D eigenvalue weighted by Crippen LogP contribution is -2.36. The van der Waals surface area contributed by atoms with Crippen LogP contribution in [0.15, 0.2) is 30.3 Å². The lowest BCUT2D eigenvalue weighted by molar-refractivity contribution is 0.247. The minimum atomic E-state index is 0.231. The fraction of sp³-hybridized carbons (Fsp3) is 0.435. The molecular weight excluding hydrogens is 350 g/mol. The van der Waals surface area contributed by atoms with E-state index in [1.165, 1.54) is 36.6 Å². The summed E-state index contributed by atoms with van der Waals surface area (Å²) in [6.45, 7) is 0. The summed E-state index contributed by atoms with van der Waals surface area (Å²) in [6.07, 6.45) is 5.31. The Hall–Kier alpha value is -2.69. The third kappa shape index (κ3) is 2.35.